The van der Waals surface area contributed by atoms with Gasteiger partial charge in [-0.15, -0.1) is 21.9 Å². The molecule has 6 aromatic carbocycles. The van der Waals surface area contributed by atoms with Gasteiger partial charge in [-0.1, -0.05) is 48.5 Å². The van der Waals surface area contributed by atoms with E-state index in [0.29, 0.717) is 3.42 Å². The van der Waals surface area contributed by atoms with Crippen LogP contribution in [0.25, 0.3) is 0 Å². The summed E-state index contributed by atoms with van der Waals surface area (Å²) in [6.07, 6.45) is -7.22. The molecule has 328 valence electrons. The molecule has 0 N–H and O–H groups in total. The molecule has 0 aliphatic carbocycles. The fourth-order valence-corrected chi connectivity index (χ4v) is 9.79. The molecule has 0 atom stereocenters. The number of rotatable bonds is 7. The van der Waals surface area contributed by atoms with Gasteiger partial charge in [0.15, 0.2) is 76.8 Å². The van der Waals surface area contributed by atoms with Crippen LogP contribution in [0.4, 0.5) is 87.8 Å². The minimum Gasteiger partial charge on any atom is -0.207 e. The summed E-state index contributed by atoms with van der Waals surface area (Å²) in [6, 6.07) is 19.6. The van der Waals surface area contributed by atoms with E-state index in [2.05, 4.69) is 75.4 Å². The predicted molar refractivity (Wildman–Crippen MR) is 179 cm³/mol. The zero-order valence-electron chi connectivity index (χ0n) is 30.7. The number of benzene rings is 6. The van der Waals surface area contributed by atoms with Crippen LogP contribution in [0.15, 0.2) is 54.6 Å². The van der Waals surface area contributed by atoms with Crippen LogP contribution in [0.2, 0.25) is 0 Å². The third-order valence-electron chi connectivity index (χ3n) is 9.58. The fourth-order valence-electron chi connectivity index (χ4n) is 6.67. The van der Waals surface area contributed by atoms with Crippen molar-refractivity contribution in [3.05, 3.63) is 186 Å². The highest BCUT2D eigenvalue weighted by Gasteiger charge is 2.52. The lowest BCUT2D eigenvalue weighted by Crippen LogP contribution is -3.66. The monoisotopic (exact) mass is 1020 g/mol. The molecule has 0 aliphatic rings. The van der Waals surface area contributed by atoms with Crippen LogP contribution in [-0.4, -0.2) is 6.15 Å². The summed E-state index contributed by atoms with van der Waals surface area (Å²) in [5.41, 5.74) is -11.4. The number of halogens is 21. The molecule has 0 aromatic heterocycles. The van der Waals surface area contributed by atoms with Gasteiger partial charge in [-0.3, -0.25) is 0 Å². The highest BCUT2D eigenvalue weighted by atomic mass is 127. The maximum absolute atomic E-state index is 15.4. The molecule has 0 amide bonds. The number of hydrogen-bond acceptors (Lipinski definition) is 0. The summed E-state index contributed by atoms with van der Waals surface area (Å²) in [5, 5.41) is 0. The van der Waals surface area contributed by atoms with Crippen molar-refractivity contribution in [2.75, 3.05) is 0 Å². The molecule has 62 heavy (non-hydrogen) atoms. The first kappa shape index (κ1) is 47.8. The minimum absolute atomic E-state index is 0.0200. The van der Waals surface area contributed by atoms with E-state index < -0.39 is 144 Å². The van der Waals surface area contributed by atoms with Crippen molar-refractivity contribution in [2.45, 2.75) is 24.2 Å². The van der Waals surface area contributed by atoms with E-state index >= 15 is 35.1 Å². The zero-order chi connectivity index (χ0) is 46.7. The molecular weight excluding hydrogens is 998 g/mol. The molecule has 0 saturated heterocycles. The molecule has 22 heteroatoms. The molecule has 0 nitrogen and oxygen atoms in total. The van der Waals surface area contributed by atoms with Gasteiger partial charge < -0.3 is 0 Å². The summed E-state index contributed by atoms with van der Waals surface area (Å²) >= 11 is -0.0200. The van der Waals surface area contributed by atoms with Crippen LogP contribution in [0.5, 0.6) is 0 Å². The van der Waals surface area contributed by atoms with Gasteiger partial charge in [-0.25, -0.2) is 87.8 Å². The van der Waals surface area contributed by atoms with Crippen LogP contribution in [0.3, 0.4) is 0 Å². The second-order valence-corrected chi connectivity index (χ2v) is 17.9. The van der Waals surface area contributed by atoms with Crippen molar-refractivity contribution >= 4 is 28.0 Å². The Hall–Kier alpha value is -5.29. The molecule has 0 spiro atoms. The molecule has 6 aromatic rings. The molecule has 0 radical (unpaired) electrons. The van der Waals surface area contributed by atoms with E-state index in [1.165, 1.54) is 11.1 Å². The Morgan fingerprint density at radius 1 is 0.323 bits per heavy atom. The normalized spacial score (nSPS) is 11.9. The summed E-state index contributed by atoms with van der Waals surface area (Å²) in [6.45, 7) is 6.94. The molecule has 0 unspecified atom stereocenters. The quantitative estimate of drug-likeness (QED) is 0.0403. The third-order valence-corrected chi connectivity index (χ3v) is 13.3. The van der Waals surface area contributed by atoms with Gasteiger partial charge >= 0.3 is 21.2 Å². The second-order valence-electron chi connectivity index (χ2n) is 13.5. The summed E-state index contributed by atoms with van der Waals surface area (Å²) in [5.74, 6) is -71.4. The maximum Gasteiger partial charge on any atom is 0.324 e. The lowest BCUT2D eigenvalue weighted by atomic mass is 9.12. The molecule has 0 bridgehead atoms. The molecular formula is C40H18BF20I. The summed E-state index contributed by atoms with van der Waals surface area (Å²) in [4.78, 5) is 0. The number of alkyl halides is 1. The van der Waals surface area contributed by atoms with Crippen molar-refractivity contribution in [3.8, 4) is 0 Å². The van der Waals surface area contributed by atoms with Crippen LogP contribution in [0, 0.1) is 127 Å². The van der Waals surface area contributed by atoms with Gasteiger partial charge in [-0.2, -0.15) is 0 Å². The van der Waals surface area contributed by atoms with E-state index in [0.717, 1.165) is 0 Å². The van der Waals surface area contributed by atoms with E-state index in [1.807, 2.05) is 0 Å². The second kappa shape index (κ2) is 17.5. The van der Waals surface area contributed by atoms with Crippen molar-refractivity contribution in [2.24, 2.45) is 0 Å². The van der Waals surface area contributed by atoms with Crippen molar-refractivity contribution in [3.63, 3.8) is 0 Å². The van der Waals surface area contributed by atoms with Gasteiger partial charge in [0.25, 0.3) is 0 Å². The molecule has 6 rings (SSSR count). The van der Waals surface area contributed by atoms with Gasteiger partial charge in [0.1, 0.15) is 52.7 Å². The third kappa shape index (κ3) is 7.54. The predicted octanol–water partition coefficient (Wildman–Crippen LogP) is 7.03. The molecule has 0 fully saturated rings. The molecule has 0 saturated carbocycles. The Morgan fingerprint density at radius 2 is 0.548 bits per heavy atom. The van der Waals surface area contributed by atoms with Crippen molar-refractivity contribution in [1.29, 1.82) is 0 Å². The first-order chi connectivity index (χ1) is 28.8. The average Bonchev–Trinajstić information content (AvgIpc) is 3.24. The highest BCUT2D eigenvalue weighted by molar-refractivity contribution is 7.20. The van der Waals surface area contributed by atoms with Gasteiger partial charge in [0.2, 0.25) is 0 Å². The van der Waals surface area contributed by atoms with Crippen LogP contribution < -0.4 is 43.1 Å². The van der Waals surface area contributed by atoms with Crippen LogP contribution in [-0.2, 0) is 3.42 Å². The SMILES string of the molecule is Cc1ccccc1[I+]C(C)(C)c1ccccc1.Fc1c(F)c(F)c([B-](c2c(F)c(F)c(F)c(F)c2F)(c2c(F)c(F)c(F)c(F)c2F)c2c(F)c(F)c(F)c(F)c2F)c(F)c1F. The smallest absolute Gasteiger partial charge is 0.207 e. The molecule has 0 heterocycles. The Balaban J connectivity index is 0.000000355. The Labute approximate surface area is 346 Å². The first-order valence-corrected chi connectivity index (χ1v) is 19.0. The van der Waals surface area contributed by atoms with E-state index in [1.54, 1.807) is 3.57 Å². The first-order valence-electron chi connectivity index (χ1n) is 16.8. The zero-order valence-corrected chi connectivity index (χ0v) is 32.9. The highest BCUT2D eigenvalue weighted by Crippen LogP contribution is 2.31. The largest absolute Gasteiger partial charge is 0.324 e. The topological polar surface area (TPSA) is 0 Å². The lowest BCUT2D eigenvalue weighted by molar-refractivity contribution is -0.705. The van der Waals surface area contributed by atoms with Gasteiger partial charge in [0, 0.05) is 11.1 Å². The van der Waals surface area contributed by atoms with Crippen LogP contribution >= 0.6 is 0 Å². The van der Waals surface area contributed by atoms with Crippen molar-refractivity contribution < 1.29 is 109 Å². The van der Waals surface area contributed by atoms with E-state index in [4.69, 9.17) is 0 Å². The Bertz CT molecular complexity index is 2380. The van der Waals surface area contributed by atoms with E-state index in [-0.39, 0.29) is 21.2 Å². The minimum atomic E-state index is -7.22. The number of aryl methyl sites for hydroxylation is 1. The summed E-state index contributed by atoms with van der Waals surface area (Å²) in [7, 11) is 0. The Morgan fingerprint density at radius 3 is 0.806 bits per heavy atom. The summed E-state index contributed by atoms with van der Waals surface area (Å²) < 4.78 is 296. The van der Waals surface area contributed by atoms with Gasteiger partial charge in [-0.05, 0) is 26.8 Å². The number of hydrogen-bond donors (Lipinski definition) is 0. The fraction of sp³-hybridized carbons (Fsp3) is 0.100. The standard InChI is InChI=1S/C24BF20.C16H18I/c26-5-1(6(27)14(35)21(42)13(5)34)25(2-7(28)15(36)22(43)16(37)8(2)29,3-9(30)17(38)23(44)18(39)10(3)31)4-11(32)19(40)24(45)20(41)12(4)33;1-13-9-7-8-12-15(13)17-16(2,3)14-10-5-4-6-11-14/h;4-12H,1-3H3/q-1;+1. The van der Waals surface area contributed by atoms with Gasteiger partial charge in [0.05, 0.1) is 0 Å². The van der Waals surface area contributed by atoms with Crippen LogP contribution in [0.1, 0.15) is 25.0 Å². The van der Waals surface area contributed by atoms with E-state index in [9.17, 15) is 52.7 Å². The lowest BCUT2D eigenvalue weighted by Gasteiger charge is -2.44. The average molecular weight is 1020 g/mol. The Kier molecular flexibility index (Phi) is 13.5. The van der Waals surface area contributed by atoms with Crippen molar-refractivity contribution in [1.82, 2.24) is 0 Å². The maximum atomic E-state index is 15.4. The molecule has 0 aliphatic heterocycles.